The predicted molar refractivity (Wildman–Crippen MR) is 142 cm³/mol. The second-order valence-corrected chi connectivity index (χ2v) is 9.46. The number of aromatic nitrogens is 1. The number of carbonyl (C=O) groups is 2. The van der Waals surface area contributed by atoms with Crippen LogP contribution >= 0.6 is 0 Å². The number of anilines is 2. The Labute approximate surface area is 212 Å². The van der Waals surface area contributed by atoms with Crippen LogP contribution in [0.15, 0.2) is 35.3 Å². The standard InChI is InChI=1S/C28H38FN3O4/c1-5-18(13-14-26(33)36-4)28(35)31-24-17-32(20(6-2)7-3)25-16-23(22(29)15-21(25)27(24)34)30-19-11-9-8-10-12-19/h13-20,30H,5-12H2,1-4H3,(H,31,35). The first kappa shape index (κ1) is 27.4. The maximum Gasteiger partial charge on any atom is 0.330 e. The number of halogens is 1. The third-order valence-corrected chi connectivity index (χ3v) is 7.12. The highest BCUT2D eigenvalue weighted by atomic mass is 19.1. The molecule has 1 aliphatic carbocycles. The summed E-state index contributed by atoms with van der Waals surface area (Å²) in [6.07, 6.45) is 11.8. The lowest BCUT2D eigenvalue weighted by molar-refractivity contribution is -0.134. The van der Waals surface area contributed by atoms with Gasteiger partial charge in [-0.1, -0.05) is 46.1 Å². The van der Waals surface area contributed by atoms with Crippen LogP contribution in [0.3, 0.4) is 0 Å². The first-order chi connectivity index (χ1) is 17.3. The average molecular weight is 500 g/mol. The molecule has 0 bridgehead atoms. The molecular formula is C28H38FN3O4. The van der Waals surface area contributed by atoms with Gasteiger partial charge < -0.3 is 19.9 Å². The molecule has 1 fully saturated rings. The van der Waals surface area contributed by atoms with Crippen LogP contribution in [0.4, 0.5) is 15.8 Å². The van der Waals surface area contributed by atoms with Crippen molar-refractivity contribution in [3.05, 3.63) is 46.5 Å². The molecule has 1 saturated carbocycles. The highest BCUT2D eigenvalue weighted by molar-refractivity contribution is 5.96. The summed E-state index contributed by atoms with van der Waals surface area (Å²) in [7, 11) is 1.26. The molecule has 0 aliphatic heterocycles. The van der Waals surface area contributed by atoms with E-state index in [4.69, 9.17) is 0 Å². The Morgan fingerprint density at radius 1 is 1.11 bits per heavy atom. The quantitative estimate of drug-likeness (QED) is 0.312. The largest absolute Gasteiger partial charge is 0.466 e. The van der Waals surface area contributed by atoms with Gasteiger partial charge in [0.15, 0.2) is 0 Å². The van der Waals surface area contributed by atoms with Gasteiger partial charge in [-0.15, -0.1) is 0 Å². The summed E-state index contributed by atoms with van der Waals surface area (Å²) in [5.74, 6) is -2.07. The Morgan fingerprint density at radius 2 is 1.81 bits per heavy atom. The normalized spacial score (nSPS) is 15.4. The lowest BCUT2D eigenvalue weighted by atomic mass is 9.95. The molecule has 36 heavy (non-hydrogen) atoms. The van der Waals surface area contributed by atoms with E-state index in [-0.39, 0.29) is 23.2 Å². The Hall–Kier alpha value is -3.16. The average Bonchev–Trinajstić information content (AvgIpc) is 2.88. The van der Waals surface area contributed by atoms with Crippen LogP contribution in [0.5, 0.6) is 0 Å². The van der Waals surface area contributed by atoms with Gasteiger partial charge in [0, 0.05) is 24.4 Å². The lowest BCUT2D eigenvalue weighted by Gasteiger charge is -2.26. The van der Waals surface area contributed by atoms with Crippen LogP contribution in [-0.2, 0) is 14.3 Å². The highest BCUT2D eigenvalue weighted by Gasteiger charge is 2.21. The fourth-order valence-electron chi connectivity index (χ4n) is 4.92. The number of hydrogen-bond acceptors (Lipinski definition) is 5. The van der Waals surface area contributed by atoms with Crippen molar-refractivity contribution in [3.8, 4) is 0 Å². The van der Waals surface area contributed by atoms with E-state index < -0.39 is 29.0 Å². The summed E-state index contributed by atoms with van der Waals surface area (Å²) in [4.78, 5) is 37.8. The van der Waals surface area contributed by atoms with E-state index in [9.17, 15) is 14.4 Å². The van der Waals surface area contributed by atoms with Crippen molar-refractivity contribution in [2.75, 3.05) is 17.7 Å². The molecule has 7 nitrogen and oxygen atoms in total. The second kappa shape index (κ2) is 12.7. The van der Waals surface area contributed by atoms with Crippen LogP contribution in [0.2, 0.25) is 0 Å². The molecule has 1 unspecified atom stereocenters. The summed E-state index contributed by atoms with van der Waals surface area (Å²) in [5.41, 5.74) is 0.709. The summed E-state index contributed by atoms with van der Waals surface area (Å²) >= 11 is 0. The van der Waals surface area contributed by atoms with E-state index in [1.165, 1.54) is 31.7 Å². The van der Waals surface area contributed by atoms with Crippen LogP contribution in [0, 0.1) is 11.7 Å². The monoisotopic (exact) mass is 499 g/mol. The van der Waals surface area contributed by atoms with Gasteiger partial charge in [0.1, 0.15) is 11.5 Å². The van der Waals surface area contributed by atoms with Crippen LogP contribution in [-0.4, -0.2) is 29.6 Å². The summed E-state index contributed by atoms with van der Waals surface area (Å²) in [6.45, 7) is 5.93. The minimum Gasteiger partial charge on any atom is -0.466 e. The maximum absolute atomic E-state index is 15.2. The smallest absolute Gasteiger partial charge is 0.330 e. The molecule has 1 aliphatic rings. The number of nitrogens with zero attached hydrogens (tertiary/aromatic N) is 1. The van der Waals surface area contributed by atoms with E-state index in [2.05, 4.69) is 29.2 Å². The fourth-order valence-corrected chi connectivity index (χ4v) is 4.92. The molecule has 196 valence electrons. The van der Waals surface area contributed by atoms with Crippen molar-refractivity contribution < 1.29 is 18.7 Å². The molecular weight excluding hydrogens is 461 g/mol. The zero-order chi connectivity index (χ0) is 26.2. The Kier molecular flexibility index (Phi) is 9.67. The Morgan fingerprint density at radius 3 is 2.42 bits per heavy atom. The number of amides is 1. The minimum absolute atomic E-state index is 0.0675. The van der Waals surface area contributed by atoms with Gasteiger partial charge in [0.2, 0.25) is 11.3 Å². The van der Waals surface area contributed by atoms with Gasteiger partial charge in [-0.3, -0.25) is 9.59 Å². The number of esters is 1. The molecule has 3 rings (SSSR count). The Balaban J connectivity index is 2.04. The van der Waals surface area contributed by atoms with Crippen molar-refractivity contribution in [1.82, 2.24) is 4.57 Å². The number of hydrogen-bond donors (Lipinski definition) is 2. The molecule has 2 aromatic rings. The fraction of sp³-hybridized carbons (Fsp3) is 0.536. The highest BCUT2D eigenvalue weighted by Crippen LogP contribution is 2.30. The number of pyridine rings is 1. The molecule has 0 radical (unpaired) electrons. The molecule has 1 atom stereocenters. The SMILES string of the molecule is CCC(C=CC(=O)OC)C(=O)Nc1cn(C(CC)CC)c2cc(NC3CCCCC3)c(F)cc2c1=O. The third kappa shape index (κ3) is 6.33. The molecule has 1 heterocycles. The zero-order valence-electron chi connectivity index (χ0n) is 21.7. The van der Waals surface area contributed by atoms with Crippen molar-refractivity contribution in [2.45, 2.75) is 84.2 Å². The van der Waals surface area contributed by atoms with E-state index in [0.29, 0.717) is 17.6 Å². The van der Waals surface area contributed by atoms with Gasteiger partial charge in [0.25, 0.3) is 0 Å². The van der Waals surface area contributed by atoms with Gasteiger partial charge in [-0.25, -0.2) is 9.18 Å². The lowest BCUT2D eigenvalue weighted by Crippen LogP contribution is -2.26. The molecule has 1 amide bonds. The minimum atomic E-state index is -0.625. The molecule has 2 N–H and O–H groups in total. The molecule has 1 aromatic heterocycles. The van der Waals surface area contributed by atoms with E-state index in [0.717, 1.165) is 38.5 Å². The van der Waals surface area contributed by atoms with Gasteiger partial charge >= 0.3 is 5.97 Å². The van der Waals surface area contributed by atoms with E-state index in [1.807, 2.05) is 11.5 Å². The predicted octanol–water partition coefficient (Wildman–Crippen LogP) is 5.94. The summed E-state index contributed by atoms with van der Waals surface area (Å²) in [6, 6.07) is 3.31. The van der Waals surface area contributed by atoms with E-state index >= 15 is 4.39 Å². The number of fused-ring (bicyclic) bond motifs is 1. The number of methoxy groups -OCH3 is 1. The number of rotatable bonds is 10. The first-order valence-electron chi connectivity index (χ1n) is 13.0. The number of nitrogens with one attached hydrogen (secondary N) is 2. The van der Waals surface area contributed by atoms with Gasteiger partial charge in [0.05, 0.1) is 29.6 Å². The Bertz CT molecular complexity index is 1160. The molecule has 0 saturated heterocycles. The van der Waals surface area contributed by atoms with Crippen LogP contribution in [0.25, 0.3) is 10.9 Å². The summed E-state index contributed by atoms with van der Waals surface area (Å²) < 4.78 is 21.8. The molecule has 0 spiro atoms. The molecule has 8 heteroatoms. The van der Waals surface area contributed by atoms with Crippen molar-refractivity contribution in [3.63, 3.8) is 0 Å². The summed E-state index contributed by atoms with van der Waals surface area (Å²) in [5, 5.41) is 6.31. The van der Waals surface area contributed by atoms with Crippen LogP contribution in [0.1, 0.15) is 78.2 Å². The van der Waals surface area contributed by atoms with Crippen LogP contribution < -0.4 is 16.1 Å². The third-order valence-electron chi connectivity index (χ3n) is 7.12. The zero-order valence-corrected chi connectivity index (χ0v) is 21.7. The van der Waals surface area contributed by atoms with Crippen molar-refractivity contribution in [2.24, 2.45) is 5.92 Å². The van der Waals surface area contributed by atoms with Gasteiger partial charge in [-0.2, -0.15) is 0 Å². The topological polar surface area (TPSA) is 89.4 Å². The van der Waals surface area contributed by atoms with Crippen molar-refractivity contribution in [1.29, 1.82) is 0 Å². The van der Waals surface area contributed by atoms with E-state index in [1.54, 1.807) is 12.3 Å². The maximum atomic E-state index is 15.2. The number of ether oxygens (including phenoxy) is 1. The second-order valence-electron chi connectivity index (χ2n) is 9.46. The van der Waals surface area contributed by atoms with Crippen molar-refractivity contribution >= 4 is 34.2 Å². The number of carbonyl (C=O) groups excluding carboxylic acids is 2. The number of benzene rings is 1. The first-order valence-corrected chi connectivity index (χ1v) is 13.0. The molecule has 1 aromatic carbocycles. The van der Waals surface area contributed by atoms with Gasteiger partial charge in [-0.05, 0) is 44.2 Å².